The number of piperidine rings is 1. The third-order valence-electron chi connectivity index (χ3n) is 6.88. The van der Waals surface area contributed by atoms with Crippen molar-refractivity contribution in [2.75, 3.05) is 18.0 Å². The lowest BCUT2D eigenvalue weighted by Crippen LogP contribution is -2.43. The van der Waals surface area contributed by atoms with Gasteiger partial charge in [-0.05, 0) is 43.5 Å². The number of fused-ring (bicyclic) bond motifs is 3. The monoisotopic (exact) mass is 510 g/mol. The maximum atomic E-state index is 14.0. The molecule has 7 nitrogen and oxygen atoms in total. The van der Waals surface area contributed by atoms with Crippen molar-refractivity contribution in [3.05, 3.63) is 82.8 Å². The number of anilines is 1. The van der Waals surface area contributed by atoms with Gasteiger partial charge in [0.15, 0.2) is 0 Å². The highest BCUT2D eigenvalue weighted by Crippen LogP contribution is 2.40. The van der Waals surface area contributed by atoms with Crippen LogP contribution in [0.15, 0.2) is 86.4 Å². The summed E-state index contributed by atoms with van der Waals surface area (Å²) in [6, 6.07) is 18.5. The quantitative estimate of drug-likeness (QED) is 0.394. The lowest BCUT2D eigenvalue weighted by Gasteiger charge is -2.31. The number of aromatic nitrogens is 3. The molecule has 2 aliphatic rings. The Kier molecular flexibility index (Phi) is 6.44. The van der Waals surface area contributed by atoms with E-state index >= 15 is 0 Å². The maximum Gasteiger partial charge on any atom is 0.277 e. The Hall–Kier alpha value is -3.62. The van der Waals surface area contributed by atoms with Crippen LogP contribution in [0.3, 0.4) is 0 Å². The number of rotatable bonds is 5. The Morgan fingerprint density at radius 2 is 1.92 bits per heavy atom. The molecule has 37 heavy (non-hydrogen) atoms. The molecule has 0 saturated carbocycles. The SMILES string of the molecule is CC/C=C/n1c(N2CCCC(N)C2)nc2ccn(CC3=Nc4ccccc4Sc4ccccc43)c(=O)c21. The second-order valence-corrected chi connectivity index (χ2v) is 10.6. The average molecular weight is 511 g/mol. The molecular formula is C29H30N6OS. The van der Waals surface area contributed by atoms with Gasteiger partial charge in [-0.15, -0.1) is 0 Å². The number of aliphatic imine (C=N–C) groups is 1. The summed E-state index contributed by atoms with van der Waals surface area (Å²) in [4.78, 5) is 28.3. The fourth-order valence-corrected chi connectivity index (χ4v) is 6.10. The molecule has 2 aliphatic heterocycles. The normalized spacial score (nSPS) is 17.5. The van der Waals surface area contributed by atoms with Gasteiger partial charge in [-0.25, -0.2) is 9.98 Å². The molecule has 1 unspecified atom stereocenters. The molecule has 1 fully saturated rings. The number of nitrogens with two attached hydrogens (primary N) is 1. The van der Waals surface area contributed by atoms with Crippen LogP contribution in [0.1, 0.15) is 31.7 Å². The number of hydrogen-bond donors (Lipinski definition) is 1. The lowest BCUT2D eigenvalue weighted by molar-refractivity contribution is 0.499. The summed E-state index contributed by atoms with van der Waals surface area (Å²) in [5.41, 5.74) is 10.3. The number of benzene rings is 2. The minimum atomic E-state index is -0.0799. The van der Waals surface area contributed by atoms with Gasteiger partial charge in [-0.1, -0.05) is 55.1 Å². The highest BCUT2D eigenvalue weighted by Gasteiger charge is 2.24. The van der Waals surface area contributed by atoms with E-state index in [4.69, 9.17) is 15.7 Å². The molecule has 4 aromatic rings. The van der Waals surface area contributed by atoms with Gasteiger partial charge in [0.05, 0.1) is 23.5 Å². The number of imidazole rings is 1. The van der Waals surface area contributed by atoms with E-state index in [2.05, 4.69) is 36.1 Å². The molecule has 8 heteroatoms. The summed E-state index contributed by atoms with van der Waals surface area (Å²) in [5, 5.41) is 0. The van der Waals surface area contributed by atoms with Crippen molar-refractivity contribution in [2.24, 2.45) is 10.7 Å². The molecule has 0 bridgehead atoms. The first kappa shape index (κ1) is 23.8. The number of hydrogen-bond acceptors (Lipinski definition) is 6. The fourth-order valence-electron chi connectivity index (χ4n) is 5.06. The van der Waals surface area contributed by atoms with Crippen LogP contribution in [0, 0.1) is 0 Å². The van der Waals surface area contributed by atoms with Gasteiger partial charge < -0.3 is 15.2 Å². The number of para-hydroxylation sites is 1. The summed E-state index contributed by atoms with van der Waals surface area (Å²) >= 11 is 1.71. The van der Waals surface area contributed by atoms with Crippen molar-refractivity contribution in [1.29, 1.82) is 0 Å². The number of nitrogens with zero attached hydrogens (tertiary/aromatic N) is 5. The van der Waals surface area contributed by atoms with Crippen LogP contribution in [-0.2, 0) is 6.54 Å². The van der Waals surface area contributed by atoms with Crippen molar-refractivity contribution in [3.63, 3.8) is 0 Å². The predicted molar refractivity (Wildman–Crippen MR) is 152 cm³/mol. The van der Waals surface area contributed by atoms with Crippen molar-refractivity contribution in [1.82, 2.24) is 14.1 Å². The Morgan fingerprint density at radius 1 is 1.11 bits per heavy atom. The van der Waals surface area contributed by atoms with Gasteiger partial charge >= 0.3 is 0 Å². The minimum Gasteiger partial charge on any atom is -0.340 e. The van der Waals surface area contributed by atoms with Crippen molar-refractivity contribution in [2.45, 2.75) is 48.6 Å². The number of pyridine rings is 1. The van der Waals surface area contributed by atoms with Crippen molar-refractivity contribution >= 4 is 46.3 Å². The summed E-state index contributed by atoms with van der Waals surface area (Å²) in [6.45, 7) is 4.08. The first-order valence-corrected chi connectivity index (χ1v) is 13.7. The molecule has 0 aliphatic carbocycles. The average Bonchev–Trinajstić information content (AvgIpc) is 3.21. The van der Waals surface area contributed by atoms with Crippen LogP contribution in [-0.4, -0.2) is 39.0 Å². The highest BCUT2D eigenvalue weighted by atomic mass is 32.2. The van der Waals surface area contributed by atoms with Crippen molar-refractivity contribution < 1.29 is 0 Å². The zero-order valence-corrected chi connectivity index (χ0v) is 21.7. The topological polar surface area (TPSA) is 81.4 Å². The van der Waals surface area contributed by atoms with E-state index in [9.17, 15) is 4.79 Å². The largest absolute Gasteiger partial charge is 0.340 e. The van der Waals surface area contributed by atoms with Crippen LogP contribution in [0.4, 0.5) is 11.6 Å². The smallest absolute Gasteiger partial charge is 0.277 e. The van der Waals surface area contributed by atoms with Crippen LogP contribution in [0.2, 0.25) is 0 Å². The maximum absolute atomic E-state index is 14.0. The summed E-state index contributed by atoms with van der Waals surface area (Å²) < 4.78 is 3.70. The molecular weight excluding hydrogens is 480 g/mol. The summed E-state index contributed by atoms with van der Waals surface area (Å²) in [5.74, 6) is 0.784. The van der Waals surface area contributed by atoms with Crippen LogP contribution >= 0.6 is 11.8 Å². The van der Waals surface area contributed by atoms with E-state index in [1.54, 1.807) is 16.3 Å². The molecule has 4 heterocycles. The molecule has 2 aromatic heterocycles. The molecule has 2 aromatic carbocycles. The van der Waals surface area contributed by atoms with E-state index in [0.29, 0.717) is 17.6 Å². The Balaban J connectivity index is 1.47. The lowest BCUT2D eigenvalue weighted by atomic mass is 10.1. The van der Waals surface area contributed by atoms with E-state index in [-0.39, 0.29) is 11.6 Å². The molecule has 0 spiro atoms. The van der Waals surface area contributed by atoms with Crippen molar-refractivity contribution in [3.8, 4) is 0 Å². The van der Waals surface area contributed by atoms with Gasteiger partial charge in [-0.2, -0.15) is 0 Å². The van der Waals surface area contributed by atoms with Gasteiger partial charge in [0.2, 0.25) is 5.95 Å². The second kappa shape index (κ2) is 10.0. The van der Waals surface area contributed by atoms with E-state index in [1.165, 1.54) is 0 Å². The van der Waals surface area contributed by atoms with E-state index < -0.39 is 0 Å². The fraction of sp³-hybridized carbons (Fsp3) is 0.276. The van der Waals surface area contributed by atoms with Crippen LogP contribution in [0.25, 0.3) is 17.2 Å². The van der Waals surface area contributed by atoms with Gasteiger partial charge in [-0.3, -0.25) is 9.36 Å². The molecule has 6 rings (SSSR count). The van der Waals surface area contributed by atoms with E-state index in [1.807, 2.05) is 53.4 Å². The first-order chi connectivity index (χ1) is 18.1. The highest BCUT2D eigenvalue weighted by molar-refractivity contribution is 7.99. The third-order valence-corrected chi connectivity index (χ3v) is 8.03. The molecule has 1 atom stereocenters. The number of allylic oxidation sites excluding steroid dienone is 1. The third kappa shape index (κ3) is 4.51. The summed E-state index contributed by atoms with van der Waals surface area (Å²) in [6.07, 6.45) is 8.77. The molecule has 0 radical (unpaired) electrons. The van der Waals surface area contributed by atoms with Crippen LogP contribution in [0.5, 0.6) is 0 Å². The standard InChI is InChI=1S/C29H30N6OS/c1-2-3-16-35-27-23(32-29(35)34-15-8-9-20(30)18-34)14-17-33(28(27)36)19-24-21-10-4-6-12-25(21)37-26-13-7-5-11-22(26)31-24/h3-7,10-14,16-17,20H,2,8-9,15,18-19,30H2,1H3/b16-3+. The Labute approximate surface area is 220 Å². The Bertz CT molecular complexity index is 1580. The predicted octanol–water partition coefficient (Wildman–Crippen LogP) is 5.29. The summed E-state index contributed by atoms with van der Waals surface area (Å²) in [7, 11) is 0. The minimum absolute atomic E-state index is 0.0799. The molecule has 2 N–H and O–H groups in total. The zero-order chi connectivity index (χ0) is 25.4. The zero-order valence-electron chi connectivity index (χ0n) is 20.9. The van der Waals surface area contributed by atoms with E-state index in [0.717, 1.165) is 65.1 Å². The first-order valence-electron chi connectivity index (χ1n) is 12.8. The molecule has 188 valence electrons. The van der Waals surface area contributed by atoms with Crippen LogP contribution < -0.4 is 16.2 Å². The second-order valence-electron chi connectivity index (χ2n) is 9.53. The van der Waals surface area contributed by atoms with Gasteiger partial charge in [0, 0.05) is 46.9 Å². The molecule has 0 amide bonds. The van der Waals surface area contributed by atoms with Gasteiger partial charge in [0.25, 0.3) is 5.56 Å². The Morgan fingerprint density at radius 3 is 2.76 bits per heavy atom. The van der Waals surface area contributed by atoms with Gasteiger partial charge in [0.1, 0.15) is 5.52 Å². The molecule has 1 saturated heterocycles.